The number of nitrogens with two attached hydrogens (primary N) is 1. The van der Waals surface area contributed by atoms with Crippen molar-refractivity contribution in [3.8, 4) is 0 Å². The van der Waals surface area contributed by atoms with Crippen LogP contribution in [0.15, 0.2) is 18.2 Å². The van der Waals surface area contributed by atoms with E-state index in [1.807, 2.05) is 0 Å². The molecular formula is C9H10ClNO2. The van der Waals surface area contributed by atoms with Crippen molar-refractivity contribution in [2.24, 2.45) is 0 Å². The number of hydrogen-bond acceptors (Lipinski definition) is 2. The molecule has 0 aromatic heterocycles. The van der Waals surface area contributed by atoms with Gasteiger partial charge in [-0.05, 0) is 30.2 Å². The van der Waals surface area contributed by atoms with Crippen molar-refractivity contribution in [3.05, 3.63) is 28.8 Å². The average molecular weight is 200 g/mol. The van der Waals surface area contributed by atoms with E-state index in [1.54, 1.807) is 18.2 Å². The van der Waals surface area contributed by atoms with Gasteiger partial charge in [0.05, 0.1) is 0 Å². The fourth-order valence-electron chi connectivity index (χ4n) is 1.03. The van der Waals surface area contributed by atoms with Gasteiger partial charge in [0.2, 0.25) is 0 Å². The normalized spacial score (nSPS) is 9.92. The van der Waals surface area contributed by atoms with Crippen molar-refractivity contribution >= 4 is 23.3 Å². The minimum atomic E-state index is -0.835. The van der Waals surface area contributed by atoms with Crippen molar-refractivity contribution in [1.82, 2.24) is 0 Å². The van der Waals surface area contributed by atoms with Crippen LogP contribution in [0, 0.1) is 0 Å². The number of rotatable bonds is 3. The molecule has 13 heavy (non-hydrogen) atoms. The number of anilines is 1. The largest absolute Gasteiger partial charge is 0.481 e. The van der Waals surface area contributed by atoms with E-state index >= 15 is 0 Å². The third-order valence-electron chi connectivity index (χ3n) is 1.68. The SMILES string of the molecule is Nc1ccc(Cl)c(CCC(=O)O)c1. The van der Waals surface area contributed by atoms with Gasteiger partial charge in [-0.25, -0.2) is 0 Å². The van der Waals surface area contributed by atoms with E-state index in [-0.39, 0.29) is 6.42 Å². The maximum atomic E-state index is 10.3. The monoisotopic (exact) mass is 199 g/mol. The molecule has 0 amide bonds. The first-order valence-corrected chi connectivity index (χ1v) is 4.23. The summed E-state index contributed by atoms with van der Waals surface area (Å²) >= 11 is 5.83. The summed E-state index contributed by atoms with van der Waals surface area (Å²) in [5, 5.41) is 9.03. The van der Waals surface area contributed by atoms with Gasteiger partial charge in [0.1, 0.15) is 0 Å². The van der Waals surface area contributed by atoms with Crippen LogP contribution >= 0.6 is 11.6 Å². The summed E-state index contributed by atoms with van der Waals surface area (Å²) in [7, 11) is 0. The Morgan fingerprint density at radius 3 is 2.85 bits per heavy atom. The van der Waals surface area contributed by atoms with Gasteiger partial charge < -0.3 is 10.8 Å². The van der Waals surface area contributed by atoms with E-state index in [4.69, 9.17) is 22.4 Å². The fourth-order valence-corrected chi connectivity index (χ4v) is 1.24. The number of aliphatic carboxylic acids is 1. The van der Waals surface area contributed by atoms with E-state index in [9.17, 15) is 4.79 Å². The van der Waals surface area contributed by atoms with Gasteiger partial charge >= 0.3 is 5.97 Å². The van der Waals surface area contributed by atoms with Gasteiger partial charge in [-0.2, -0.15) is 0 Å². The molecule has 0 aliphatic carbocycles. The highest BCUT2D eigenvalue weighted by Crippen LogP contribution is 2.20. The Labute approximate surface area is 81.1 Å². The molecule has 0 aliphatic heterocycles. The Kier molecular flexibility index (Phi) is 3.14. The lowest BCUT2D eigenvalue weighted by Crippen LogP contribution is -1.98. The smallest absolute Gasteiger partial charge is 0.303 e. The Morgan fingerprint density at radius 1 is 1.54 bits per heavy atom. The fraction of sp³-hybridized carbons (Fsp3) is 0.222. The Morgan fingerprint density at radius 2 is 2.23 bits per heavy atom. The molecule has 0 bridgehead atoms. The molecule has 0 aliphatic rings. The zero-order valence-corrected chi connectivity index (χ0v) is 7.71. The van der Waals surface area contributed by atoms with Crippen LogP contribution in [0.5, 0.6) is 0 Å². The van der Waals surface area contributed by atoms with Crippen LogP contribution in [0.25, 0.3) is 0 Å². The number of aryl methyl sites for hydroxylation is 1. The highest BCUT2D eigenvalue weighted by Gasteiger charge is 2.03. The molecule has 1 aromatic carbocycles. The predicted octanol–water partition coefficient (Wildman–Crippen LogP) is 1.94. The predicted molar refractivity (Wildman–Crippen MR) is 51.8 cm³/mol. The second kappa shape index (κ2) is 4.14. The molecule has 3 nitrogen and oxygen atoms in total. The van der Waals surface area contributed by atoms with Crippen LogP contribution in [-0.4, -0.2) is 11.1 Å². The lowest BCUT2D eigenvalue weighted by atomic mass is 10.1. The van der Waals surface area contributed by atoms with E-state index < -0.39 is 5.97 Å². The summed E-state index contributed by atoms with van der Waals surface area (Å²) in [5.74, 6) is -0.835. The molecule has 3 N–H and O–H groups in total. The second-order valence-electron chi connectivity index (χ2n) is 2.74. The van der Waals surface area contributed by atoms with Gasteiger partial charge in [-0.3, -0.25) is 4.79 Å². The third-order valence-corrected chi connectivity index (χ3v) is 2.05. The maximum absolute atomic E-state index is 10.3. The van der Waals surface area contributed by atoms with Crippen LogP contribution in [0.4, 0.5) is 5.69 Å². The minimum absolute atomic E-state index is 0.0726. The van der Waals surface area contributed by atoms with Gasteiger partial charge in [0, 0.05) is 17.1 Å². The van der Waals surface area contributed by atoms with Crippen molar-refractivity contribution < 1.29 is 9.90 Å². The van der Waals surface area contributed by atoms with Crippen LogP contribution in [0.3, 0.4) is 0 Å². The highest BCUT2D eigenvalue weighted by atomic mass is 35.5. The summed E-state index contributed by atoms with van der Waals surface area (Å²) in [6.45, 7) is 0. The van der Waals surface area contributed by atoms with E-state index in [2.05, 4.69) is 0 Å². The van der Waals surface area contributed by atoms with Gasteiger partial charge in [-0.1, -0.05) is 11.6 Å². The average Bonchev–Trinajstić information content (AvgIpc) is 2.06. The zero-order valence-electron chi connectivity index (χ0n) is 6.96. The number of carboxylic acid groups (broad SMARTS) is 1. The summed E-state index contributed by atoms with van der Waals surface area (Å²) in [6.07, 6.45) is 0.488. The van der Waals surface area contributed by atoms with Gasteiger partial charge in [0.15, 0.2) is 0 Å². The van der Waals surface area contributed by atoms with E-state index in [0.717, 1.165) is 5.56 Å². The quantitative estimate of drug-likeness (QED) is 0.732. The Balaban J connectivity index is 2.75. The topological polar surface area (TPSA) is 63.3 Å². The van der Waals surface area contributed by atoms with E-state index in [0.29, 0.717) is 17.1 Å². The standard InChI is InChI=1S/C9H10ClNO2/c10-8-3-2-7(11)5-6(8)1-4-9(12)13/h2-3,5H,1,4,11H2,(H,12,13). The van der Waals surface area contributed by atoms with Crippen molar-refractivity contribution in [3.63, 3.8) is 0 Å². The molecule has 0 unspecified atom stereocenters. The molecule has 0 atom stereocenters. The Hall–Kier alpha value is -1.22. The first-order valence-electron chi connectivity index (χ1n) is 3.85. The summed E-state index contributed by atoms with van der Waals surface area (Å²) in [4.78, 5) is 10.3. The van der Waals surface area contributed by atoms with Crippen LogP contribution in [0.1, 0.15) is 12.0 Å². The minimum Gasteiger partial charge on any atom is -0.481 e. The first-order chi connectivity index (χ1) is 6.09. The molecule has 1 rings (SSSR count). The second-order valence-corrected chi connectivity index (χ2v) is 3.15. The molecule has 0 heterocycles. The summed E-state index contributed by atoms with van der Waals surface area (Å²) < 4.78 is 0. The maximum Gasteiger partial charge on any atom is 0.303 e. The molecule has 70 valence electrons. The molecule has 0 fully saturated rings. The van der Waals surface area contributed by atoms with Crippen LogP contribution < -0.4 is 5.73 Å². The number of hydrogen-bond donors (Lipinski definition) is 2. The number of carbonyl (C=O) groups is 1. The van der Waals surface area contributed by atoms with Gasteiger partial charge in [0.25, 0.3) is 0 Å². The summed E-state index contributed by atoms with van der Waals surface area (Å²) in [5.41, 5.74) is 6.91. The van der Waals surface area contributed by atoms with Gasteiger partial charge in [-0.15, -0.1) is 0 Å². The third kappa shape index (κ3) is 2.95. The number of carboxylic acids is 1. The zero-order chi connectivity index (χ0) is 9.84. The number of halogens is 1. The first kappa shape index (κ1) is 9.86. The lowest BCUT2D eigenvalue weighted by molar-refractivity contribution is -0.136. The lowest BCUT2D eigenvalue weighted by Gasteiger charge is -2.02. The molecule has 0 saturated heterocycles. The molecular weight excluding hydrogens is 190 g/mol. The molecule has 0 saturated carbocycles. The van der Waals surface area contributed by atoms with Crippen LogP contribution in [-0.2, 0) is 11.2 Å². The van der Waals surface area contributed by atoms with Crippen molar-refractivity contribution in [2.75, 3.05) is 5.73 Å². The molecule has 0 radical (unpaired) electrons. The molecule has 4 heteroatoms. The highest BCUT2D eigenvalue weighted by molar-refractivity contribution is 6.31. The molecule has 0 spiro atoms. The Bertz CT molecular complexity index is 325. The number of benzene rings is 1. The van der Waals surface area contributed by atoms with E-state index in [1.165, 1.54) is 0 Å². The van der Waals surface area contributed by atoms with Crippen molar-refractivity contribution in [2.45, 2.75) is 12.8 Å². The van der Waals surface area contributed by atoms with Crippen molar-refractivity contribution in [1.29, 1.82) is 0 Å². The summed E-state index contributed by atoms with van der Waals surface area (Å²) in [6, 6.07) is 5.06. The molecule has 1 aromatic rings. The van der Waals surface area contributed by atoms with Crippen LogP contribution in [0.2, 0.25) is 5.02 Å². The number of nitrogen functional groups attached to an aromatic ring is 1.